The second kappa shape index (κ2) is 7.21. The summed E-state index contributed by atoms with van der Waals surface area (Å²) in [4.78, 5) is 5.08. The standard InChI is InChI=1S/C17H29N3/c1-5-18-17(16-9-7-6-8-10-16)15(3)20-12-11-19(4)14(2)13-20/h6-10,14-15,17-18H,5,11-13H2,1-4H3. The van der Waals surface area contributed by atoms with E-state index in [9.17, 15) is 0 Å². The molecule has 1 aromatic carbocycles. The highest BCUT2D eigenvalue weighted by atomic mass is 15.3. The van der Waals surface area contributed by atoms with Crippen LogP contribution < -0.4 is 5.32 Å². The minimum atomic E-state index is 0.414. The Morgan fingerprint density at radius 3 is 2.55 bits per heavy atom. The van der Waals surface area contributed by atoms with Gasteiger partial charge in [-0.3, -0.25) is 4.90 Å². The fourth-order valence-corrected chi connectivity index (χ4v) is 3.10. The second-order valence-corrected chi connectivity index (χ2v) is 6.01. The van der Waals surface area contributed by atoms with Gasteiger partial charge in [0.25, 0.3) is 0 Å². The van der Waals surface area contributed by atoms with Gasteiger partial charge < -0.3 is 10.2 Å². The first-order chi connectivity index (χ1) is 9.63. The molecule has 3 heteroatoms. The molecule has 1 aliphatic rings. The molecule has 3 nitrogen and oxygen atoms in total. The molecular weight excluding hydrogens is 246 g/mol. The Bertz CT molecular complexity index is 392. The summed E-state index contributed by atoms with van der Waals surface area (Å²) in [6.45, 7) is 11.4. The molecule has 1 aliphatic heterocycles. The van der Waals surface area contributed by atoms with Crippen LogP contribution in [0.4, 0.5) is 0 Å². The van der Waals surface area contributed by atoms with Crippen molar-refractivity contribution in [3.63, 3.8) is 0 Å². The minimum Gasteiger partial charge on any atom is -0.309 e. The van der Waals surface area contributed by atoms with E-state index in [1.54, 1.807) is 0 Å². The zero-order valence-electron chi connectivity index (χ0n) is 13.3. The molecule has 3 unspecified atom stereocenters. The molecule has 1 aromatic rings. The normalized spacial score (nSPS) is 24.5. The Morgan fingerprint density at radius 2 is 1.95 bits per heavy atom. The van der Waals surface area contributed by atoms with Crippen molar-refractivity contribution in [2.75, 3.05) is 33.2 Å². The molecule has 0 radical (unpaired) electrons. The van der Waals surface area contributed by atoms with Crippen LogP contribution in [0.25, 0.3) is 0 Å². The Labute approximate surface area is 124 Å². The molecule has 20 heavy (non-hydrogen) atoms. The van der Waals surface area contributed by atoms with Gasteiger partial charge >= 0.3 is 0 Å². The number of benzene rings is 1. The molecule has 0 amide bonds. The van der Waals surface area contributed by atoms with Gasteiger partial charge in [0.1, 0.15) is 0 Å². The topological polar surface area (TPSA) is 18.5 Å². The number of hydrogen-bond acceptors (Lipinski definition) is 3. The number of likely N-dealkylation sites (N-methyl/N-ethyl adjacent to an activating group) is 2. The van der Waals surface area contributed by atoms with Gasteiger partial charge in [-0.25, -0.2) is 0 Å². The monoisotopic (exact) mass is 275 g/mol. The lowest BCUT2D eigenvalue weighted by Gasteiger charge is -2.43. The van der Waals surface area contributed by atoms with E-state index in [2.05, 4.69) is 73.3 Å². The Hall–Kier alpha value is -0.900. The highest BCUT2D eigenvalue weighted by Gasteiger charge is 2.29. The molecule has 0 aromatic heterocycles. The predicted molar refractivity (Wildman–Crippen MR) is 86.0 cm³/mol. The summed E-state index contributed by atoms with van der Waals surface area (Å²) < 4.78 is 0. The highest BCUT2D eigenvalue weighted by molar-refractivity contribution is 5.20. The van der Waals surface area contributed by atoms with Crippen LogP contribution in [-0.4, -0.2) is 55.1 Å². The van der Waals surface area contributed by atoms with Gasteiger partial charge in [-0.1, -0.05) is 37.3 Å². The van der Waals surface area contributed by atoms with Crippen molar-refractivity contribution in [3.8, 4) is 0 Å². The number of nitrogens with one attached hydrogen (secondary N) is 1. The minimum absolute atomic E-state index is 0.414. The third-order valence-electron chi connectivity index (χ3n) is 4.63. The van der Waals surface area contributed by atoms with E-state index in [-0.39, 0.29) is 0 Å². The van der Waals surface area contributed by atoms with Gasteiger partial charge in [0.15, 0.2) is 0 Å². The highest BCUT2D eigenvalue weighted by Crippen LogP contribution is 2.23. The average Bonchev–Trinajstić information content (AvgIpc) is 2.48. The lowest BCUT2D eigenvalue weighted by atomic mass is 9.98. The second-order valence-electron chi connectivity index (χ2n) is 6.01. The van der Waals surface area contributed by atoms with Crippen molar-refractivity contribution in [1.29, 1.82) is 0 Å². The number of nitrogens with zero attached hydrogens (tertiary/aromatic N) is 2. The van der Waals surface area contributed by atoms with E-state index in [4.69, 9.17) is 0 Å². The smallest absolute Gasteiger partial charge is 0.0475 e. The van der Waals surface area contributed by atoms with Crippen LogP contribution in [0.3, 0.4) is 0 Å². The van der Waals surface area contributed by atoms with E-state index in [1.165, 1.54) is 12.1 Å². The lowest BCUT2D eigenvalue weighted by Crippen LogP contribution is -2.55. The van der Waals surface area contributed by atoms with Crippen LogP contribution in [-0.2, 0) is 0 Å². The van der Waals surface area contributed by atoms with Crippen molar-refractivity contribution in [2.24, 2.45) is 0 Å². The molecule has 0 bridgehead atoms. The van der Waals surface area contributed by atoms with Gasteiger partial charge in [-0.15, -0.1) is 0 Å². The van der Waals surface area contributed by atoms with Crippen molar-refractivity contribution in [2.45, 2.75) is 38.9 Å². The maximum atomic E-state index is 3.67. The van der Waals surface area contributed by atoms with E-state index in [1.807, 2.05) is 0 Å². The van der Waals surface area contributed by atoms with E-state index < -0.39 is 0 Å². The molecule has 0 spiro atoms. The number of piperazine rings is 1. The van der Waals surface area contributed by atoms with E-state index >= 15 is 0 Å². The quantitative estimate of drug-likeness (QED) is 0.890. The molecule has 112 valence electrons. The summed E-state index contributed by atoms with van der Waals surface area (Å²) in [6.07, 6.45) is 0. The average molecular weight is 275 g/mol. The van der Waals surface area contributed by atoms with Crippen LogP contribution >= 0.6 is 0 Å². The third-order valence-corrected chi connectivity index (χ3v) is 4.63. The van der Waals surface area contributed by atoms with Gasteiger partial charge in [0.05, 0.1) is 0 Å². The number of rotatable bonds is 5. The molecule has 2 rings (SSSR count). The van der Waals surface area contributed by atoms with Gasteiger partial charge in [0, 0.05) is 37.8 Å². The van der Waals surface area contributed by atoms with E-state index in [0.29, 0.717) is 18.1 Å². The molecule has 1 heterocycles. The lowest BCUT2D eigenvalue weighted by molar-refractivity contribution is 0.0635. The van der Waals surface area contributed by atoms with E-state index in [0.717, 1.165) is 19.6 Å². The molecule has 0 saturated carbocycles. The van der Waals surface area contributed by atoms with Crippen LogP contribution in [0, 0.1) is 0 Å². The van der Waals surface area contributed by atoms with Crippen LogP contribution in [0.1, 0.15) is 32.4 Å². The maximum absolute atomic E-state index is 3.67. The first-order valence-electron chi connectivity index (χ1n) is 7.86. The predicted octanol–water partition coefficient (Wildman–Crippen LogP) is 2.36. The Morgan fingerprint density at radius 1 is 1.25 bits per heavy atom. The van der Waals surface area contributed by atoms with Crippen molar-refractivity contribution in [1.82, 2.24) is 15.1 Å². The van der Waals surface area contributed by atoms with Crippen LogP contribution in [0.15, 0.2) is 30.3 Å². The maximum Gasteiger partial charge on any atom is 0.0475 e. The molecule has 1 saturated heterocycles. The fraction of sp³-hybridized carbons (Fsp3) is 0.647. The third kappa shape index (κ3) is 3.60. The van der Waals surface area contributed by atoms with Gasteiger partial charge in [-0.05, 0) is 33.0 Å². The first-order valence-corrected chi connectivity index (χ1v) is 7.86. The summed E-state index contributed by atoms with van der Waals surface area (Å²) in [7, 11) is 2.23. The number of hydrogen-bond donors (Lipinski definition) is 1. The SMILES string of the molecule is CCNC(c1ccccc1)C(C)N1CCN(C)C(C)C1. The zero-order valence-corrected chi connectivity index (χ0v) is 13.3. The Balaban J connectivity index is 2.09. The van der Waals surface area contributed by atoms with Crippen LogP contribution in [0.2, 0.25) is 0 Å². The van der Waals surface area contributed by atoms with Crippen molar-refractivity contribution in [3.05, 3.63) is 35.9 Å². The summed E-state index contributed by atoms with van der Waals surface area (Å²) >= 11 is 0. The first kappa shape index (κ1) is 15.5. The van der Waals surface area contributed by atoms with Crippen molar-refractivity contribution >= 4 is 0 Å². The fourth-order valence-electron chi connectivity index (χ4n) is 3.10. The van der Waals surface area contributed by atoms with Crippen molar-refractivity contribution < 1.29 is 0 Å². The summed E-state index contributed by atoms with van der Waals surface area (Å²) in [5.74, 6) is 0. The summed E-state index contributed by atoms with van der Waals surface area (Å²) in [5, 5.41) is 3.67. The molecule has 1 fully saturated rings. The molecule has 1 N–H and O–H groups in total. The zero-order chi connectivity index (χ0) is 14.5. The molecular formula is C17H29N3. The van der Waals surface area contributed by atoms with Crippen LogP contribution in [0.5, 0.6) is 0 Å². The van der Waals surface area contributed by atoms with Gasteiger partial charge in [0.2, 0.25) is 0 Å². The summed E-state index contributed by atoms with van der Waals surface area (Å²) in [6, 6.07) is 12.4. The Kier molecular flexibility index (Phi) is 5.58. The summed E-state index contributed by atoms with van der Waals surface area (Å²) in [5.41, 5.74) is 1.40. The molecule has 3 atom stereocenters. The largest absolute Gasteiger partial charge is 0.309 e. The molecule has 0 aliphatic carbocycles. The van der Waals surface area contributed by atoms with Gasteiger partial charge in [-0.2, -0.15) is 0 Å².